The van der Waals surface area contributed by atoms with E-state index in [1.165, 1.54) is 0 Å². The molecule has 3 N–H and O–H groups in total. The number of halogens is 1. The molecule has 6 heteroatoms. The summed E-state index contributed by atoms with van der Waals surface area (Å²) < 4.78 is 8.47. The number of nitrogens with zero attached hydrogens (tertiary/aromatic N) is 2. The molecule has 0 amide bonds. The number of nitrogens with two attached hydrogens (primary N) is 1. The highest BCUT2D eigenvalue weighted by molar-refractivity contribution is 9.10. The van der Waals surface area contributed by atoms with Gasteiger partial charge in [0.25, 0.3) is 0 Å². The van der Waals surface area contributed by atoms with Crippen LogP contribution in [-0.4, -0.2) is 23.0 Å². The summed E-state index contributed by atoms with van der Waals surface area (Å²) in [4.78, 5) is 0. The second-order valence-electron chi connectivity index (χ2n) is 3.90. The van der Waals surface area contributed by atoms with Crippen molar-refractivity contribution < 1.29 is 4.74 Å². The molecule has 0 fully saturated rings. The molecule has 0 saturated heterocycles. The van der Waals surface area contributed by atoms with Crippen LogP contribution < -0.4 is 11.3 Å². The highest BCUT2D eigenvalue weighted by Gasteiger charge is 2.18. The van der Waals surface area contributed by atoms with Crippen molar-refractivity contribution in [2.75, 3.05) is 13.2 Å². The predicted octanol–water partition coefficient (Wildman–Crippen LogP) is 1.99. The Morgan fingerprint density at radius 1 is 1.53 bits per heavy atom. The van der Waals surface area contributed by atoms with E-state index in [0.29, 0.717) is 6.61 Å². The van der Waals surface area contributed by atoms with Gasteiger partial charge in [-0.3, -0.25) is 10.5 Å². The van der Waals surface area contributed by atoms with Gasteiger partial charge in [0.15, 0.2) is 0 Å². The molecule has 0 aliphatic rings. The fourth-order valence-electron chi connectivity index (χ4n) is 1.66. The Morgan fingerprint density at radius 2 is 2.29 bits per heavy atom. The van der Waals surface area contributed by atoms with Crippen LogP contribution in [0.15, 0.2) is 10.7 Å². The van der Waals surface area contributed by atoms with Crippen molar-refractivity contribution in [3.05, 3.63) is 16.4 Å². The van der Waals surface area contributed by atoms with Gasteiger partial charge in [0.1, 0.15) is 0 Å². The summed E-state index contributed by atoms with van der Waals surface area (Å²) in [5.41, 5.74) is 3.83. The largest absolute Gasteiger partial charge is 0.379 e. The Bertz CT molecular complexity index is 329. The highest BCUT2D eigenvalue weighted by atomic mass is 79.9. The molecule has 0 aromatic carbocycles. The molecule has 5 nitrogen and oxygen atoms in total. The first-order valence-electron chi connectivity index (χ1n) is 5.99. The van der Waals surface area contributed by atoms with E-state index >= 15 is 0 Å². The van der Waals surface area contributed by atoms with Crippen LogP contribution in [0, 0.1) is 0 Å². The van der Waals surface area contributed by atoms with E-state index in [9.17, 15) is 0 Å². The van der Waals surface area contributed by atoms with E-state index in [2.05, 4.69) is 40.3 Å². The SMILES string of the molecule is CCCOCC(NN)c1c(Br)cnn1CCC. The normalized spacial score (nSPS) is 12.9. The maximum absolute atomic E-state index is 5.59. The fraction of sp³-hybridized carbons (Fsp3) is 0.727. The van der Waals surface area contributed by atoms with Crippen molar-refractivity contribution >= 4 is 15.9 Å². The molecule has 1 atom stereocenters. The molecule has 0 bridgehead atoms. The average molecular weight is 305 g/mol. The molecule has 0 radical (unpaired) electrons. The van der Waals surface area contributed by atoms with E-state index < -0.39 is 0 Å². The quantitative estimate of drug-likeness (QED) is 0.438. The number of hydrogen-bond donors (Lipinski definition) is 2. The standard InChI is InChI=1S/C11H21BrN4O/c1-3-5-16-11(9(12)7-14-16)10(15-13)8-17-6-4-2/h7,10,15H,3-6,8,13H2,1-2H3. The summed E-state index contributed by atoms with van der Waals surface area (Å²) in [6.45, 7) is 6.39. The Kier molecular flexibility index (Phi) is 6.72. The lowest BCUT2D eigenvalue weighted by Crippen LogP contribution is -2.33. The van der Waals surface area contributed by atoms with E-state index in [1.807, 2.05) is 4.68 Å². The molecule has 1 aromatic heterocycles. The Balaban J connectivity index is 2.75. The summed E-state index contributed by atoms with van der Waals surface area (Å²) in [6.07, 6.45) is 3.84. The molecule has 1 aromatic rings. The third-order valence-corrected chi connectivity index (χ3v) is 3.04. The number of aromatic nitrogens is 2. The molecular formula is C11H21BrN4O. The Hall–Kier alpha value is -0.430. The molecular weight excluding hydrogens is 284 g/mol. The molecule has 1 rings (SSSR count). The van der Waals surface area contributed by atoms with Crippen LogP contribution in [0.1, 0.15) is 38.4 Å². The zero-order valence-corrected chi connectivity index (χ0v) is 12.0. The minimum absolute atomic E-state index is 0.0371. The van der Waals surface area contributed by atoms with Crippen molar-refractivity contribution in [3.8, 4) is 0 Å². The lowest BCUT2D eigenvalue weighted by atomic mass is 10.2. The number of aryl methyl sites for hydroxylation is 1. The summed E-state index contributed by atoms with van der Waals surface area (Å²) in [5, 5.41) is 4.32. The Morgan fingerprint density at radius 3 is 2.88 bits per heavy atom. The van der Waals surface area contributed by atoms with Crippen LogP contribution in [0.3, 0.4) is 0 Å². The van der Waals surface area contributed by atoms with Gasteiger partial charge in [-0.1, -0.05) is 13.8 Å². The van der Waals surface area contributed by atoms with Crippen molar-refractivity contribution in [1.29, 1.82) is 0 Å². The maximum atomic E-state index is 5.59. The van der Waals surface area contributed by atoms with Gasteiger partial charge in [-0.05, 0) is 28.8 Å². The van der Waals surface area contributed by atoms with E-state index in [0.717, 1.165) is 36.2 Å². The predicted molar refractivity (Wildman–Crippen MR) is 71.4 cm³/mol. The first-order valence-corrected chi connectivity index (χ1v) is 6.78. The third kappa shape index (κ3) is 4.06. The zero-order chi connectivity index (χ0) is 12.7. The van der Waals surface area contributed by atoms with Crippen LogP contribution in [0.4, 0.5) is 0 Å². The van der Waals surface area contributed by atoms with Crippen LogP contribution in [0.5, 0.6) is 0 Å². The minimum Gasteiger partial charge on any atom is -0.379 e. The van der Waals surface area contributed by atoms with E-state index in [4.69, 9.17) is 10.6 Å². The van der Waals surface area contributed by atoms with Gasteiger partial charge >= 0.3 is 0 Å². The maximum Gasteiger partial charge on any atom is 0.0873 e. The fourth-order valence-corrected chi connectivity index (χ4v) is 2.23. The van der Waals surface area contributed by atoms with Gasteiger partial charge in [-0.25, -0.2) is 5.43 Å². The van der Waals surface area contributed by atoms with Gasteiger partial charge in [-0.2, -0.15) is 5.10 Å². The molecule has 0 aliphatic heterocycles. The second kappa shape index (κ2) is 7.81. The third-order valence-electron chi connectivity index (χ3n) is 2.43. The molecule has 0 saturated carbocycles. The Labute approximate surface area is 111 Å². The van der Waals surface area contributed by atoms with E-state index in [-0.39, 0.29) is 6.04 Å². The minimum atomic E-state index is -0.0371. The molecule has 0 aliphatic carbocycles. The molecule has 17 heavy (non-hydrogen) atoms. The number of hydrogen-bond acceptors (Lipinski definition) is 4. The first kappa shape index (κ1) is 14.6. The average Bonchev–Trinajstić information content (AvgIpc) is 2.68. The highest BCUT2D eigenvalue weighted by Crippen LogP contribution is 2.23. The number of rotatable bonds is 8. The summed E-state index contributed by atoms with van der Waals surface area (Å²) in [5.74, 6) is 5.59. The second-order valence-corrected chi connectivity index (χ2v) is 4.75. The lowest BCUT2D eigenvalue weighted by molar-refractivity contribution is 0.109. The zero-order valence-electron chi connectivity index (χ0n) is 10.4. The van der Waals surface area contributed by atoms with Crippen LogP contribution in [0.25, 0.3) is 0 Å². The topological polar surface area (TPSA) is 65.1 Å². The number of ether oxygens (including phenoxy) is 1. The van der Waals surface area contributed by atoms with Crippen molar-refractivity contribution in [2.24, 2.45) is 5.84 Å². The van der Waals surface area contributed by atoms with Crippen molar-refractivity contribution in [3.63, 3.8) is 0 Å². The van der Waals surface area contributed by atoms with Crippen LogP contribution >= 0.6 is 15.9 Å². The van der Waals surface area contributed by atoms with E-state index in [1.54, 1.807) is 6.20 Å². The summed E-state index contributed by atoms with van der Waals surface area (Å²) >= 11 is 3.50. The molecule has 0 spiro atoms. The van der Waals surface area contributed by atoms with Gasteiger partial charge in [-0.15, -0.1) is 0 Å². The molecule has 1 heterocycles. The summed E-state index contributed by atoms with van der Waals surface area (Å²) in [7, 11) is 0. The molecule has 1 unspecified atom stereocenters. The van der Waals surface area contributed by atoms with Crippen LogP contribution in [0.2, 0.25) is 0 Å². The van der Waals surface area contributed by atoms with Gasteiger partial charge in [0.2, 0.25) is 0 Å². The van der Waals surface area contributed by atoms with Gasteiger partial charge in [0.05, 0.1) is 29.0 Å². The van der Waals surface area contributed by atoms with Crippen molar-refractivity contribution in [1.82, 2.24) is 15.2 Å². The van der Waals surface area contributed by atoms with Crippen LogP contribution in [-0.2, 0) is 11.3 Å². The monoisotopic (exact) mass is 304 g/mol. The number of hydrazine groups is 1. The van der Waals surface area contributed by atoms with Gasteiger partial charge in [0, 0.05) is 13.2 Å². The first-order chi connectivity index (χ1) is 8.24. The van der Waals surface area contributed by atoms with Crippen molar-refractivity contribution in [2.45, 2.75) is 39.3 Å². The smallest absolute Gasteiger partial charge is 0.0873 e. The number of nitrogens with one attached hydrogen (secondary N) is 1. The summed E-state index contributed by atoms with van der Waals surface area (Å²) in [6, 6.07) is -0.0371. The van der Waals surface area contributed by atoms with Gasteiger partial charge < -0.3 is 4.74 Å². The molecule has 98 valence electrons. The lowest BCUT2D eigenvalue weighted by Gasteiger charge is -2.18.